The van der Waals surface area contributed by atoms with Crippen LogP contribution in [-0.2, 0) is 29.2 Å². The van der Waals surface area contributed by atoms with E-state index in [0.29, 0.717) is 31.8 Å². The van der Waals surface area contributed by atoms with Gasteiger partial charge in [-0.25, -0.2) is 0 Å². The van der Waals surface area contributed by atoms with Crippen LogP contribution in [0.1, 0.15) is 105 Å². The summed E-state index contributed by atoms with van der Waals surface area (Å²) < 4.78 is 20.7. The molecule has 3 unspecified atom stereocenters. The summed E-state index contributed by atoms with van der Waals surface area (Å²) in [7, 11) is 0. The van der Waals surface area contributed by atoms with Crippen molar-refractivity contribution in [3.63, 3.8) is 0 Å². The summed E-state index contributed by atoms with van der Waals surface area (Å²) in [5, 5.41) is 0.0418. The van der Waals surface area contributed by atoms with E-state index in [9.17, 15) is 9.59 Å². The highest BCUT2D eigenvalue weighted by atomic mass is 32.1. The fraction of sp³-hybridized carbons (Fsp3) is 0.455. The van der Waals surface area contributed by atoms with Gasteiger partial charge in [0, 0.05) is 15.9 Å². The Hall–Kier alpha value is -3.62. The number of thiol groups is 2. The number of carbonyl (C=O) groups is 2. The topological polar surface area (TPSA) is 71.1 Å². The molecule has 290 valence electrons. The van der Waals surface area contributed by atoms with Crippen molar-refractivity contribution in [1.29, 1.82) is 0 Å². The maximum Gasteiger partial charge on any atom is 0.307 e. The van der Waals surface area contributed by atoms with Crippen LogP contribution in [0.5, 0.6) is 5.75 Å². The zero-order valence-corrected chi connectivity index (χ0v) is 35.3. The number of esters is 2. The first-order chi connectivity index (χ1) is 24.6. The minimum absolute atomic E-state index is 0.00514. The molecule has 2 aromatic carbocycles. The quantitative estimate of drug-likeness (QED) is 0.0471. The summed E-state index contributed by atoms with van der Waals surface area (Å²) in [5.74, 6) is 0.909. The number of hydrogen-bond donors (Lipinski definition) is 2. The average Bonchev–Trinajstić information content (AvgIpc) is 3.36. The van der Waals surface area contributed by atoms with E-state index in [4.69, 9.17) is 18.9 Å². The molecule has 0 fully saturated rings. The van der Waals surface area contributed by atoms with Gasteiger partial charge in [0.05, 0.1) is 18.6 Å². The van der Waals surface area contributed by atoms with Crippen LogP contribution in [-0.4, -0.2) is 48.9 Å². The molecule has 0 amide bonds. The monoisotopic (exact) mass is 754 g/mol. The molecular formula is C44H66O6S2. The molecule has 3 rings (SSSR count). The fourth-order valence-corrected chi connectivity index (χ4v) is 4.76. The van der Waals surface area contributed by atoms with E-state index in [-0.39, 0.29) is 41.1 Å². The Kier molecular flexibility index (Phi) is 29.0. The molecule has 2 aromatic rings. The summed E-state index contributed by atoms with van der Waals surface area (Å²) in [4.78, 5) is 22.4. The molecule has 0 N–H and O–H groups in total. The van der Waals surface area contributed by atoms with Crippen LogP contribution in [0.4, 0.5) is 0 Å². The zero-order chi connectivity index (χ0) is 40.1. The van der Waals surface area contributed by atoms with E-state index in [1.807, 2.05) is 53.7 Å². The van der Waals surface area contributed by atoms with Crippen molar-refractivity contribution in [1.82, 2.24) is 0 Å². The van der Waals surface area contributed by atoms with Crippen molar-refractivity contribution >= 4 is 43.3 Å². The number of carbonyl (C=O) groups excluding carboxylic acids is 2. The van der Waals surface area contributed by atoms with Crippen molar-refractivity contribution in [3.05, 3.63) is 120 Å². The van der Waals surface area contributed by atoms with E-state index in [2.05, 4.69) is 120 Å². The number of allylic oxidation sites excluding steroid dienone is 6. The Balaban J connectivity index is 0. The highest BCUT2D eigenvalue weighted by molar-refractivity contribution is 7.81. The predicted octanol–water partition coefficient (Wildman–Crippen LogP) is 11.6. The van der Waals surface area contributed by atoms with Crippen LogP contribution < -0.4 is 4.74 Å². The smallest absolute Gasteiger partial charge is 0.307 e. The van der Waals surface area contributed by atoms with Crippen LogP contribution >= 0.6 is 25.3 Å². The van der Waals surface area contributed by atoms with Crippen molar-refractivity contribution in [2.75, 3.05) is 26.4 Å². The van der Waals surface area contributed by atoms with Crippen LogP contribution in [0, 0.1) is 0 Å². The summed E-state index contributed by atoms with van der Waals surface area (Å²) in [6.45, 7) is 31.7. The summed E-state index contributed by atoms with van der Waals surface area (Å²) >= 11 is 8.25. The third-order valence-corrected chi connectivity index (χ3v) is 7.51. The van der Waals surface area contributed by atoms with E-state index in [0.717, 1.165) is 17.7 Å². The highest BCUT2D eigenvalue weighted by Crippen LogP contribution is 2.46. The van der Waals surface area contributed by atoms with Gasteiger partial charge in [0.25, 0.3) is 0 Å². The lowest BCUT2D eigenvalue weighted by Gasteiger charge is -2.29. The molecule has 52 heavy (non-hydrogen) atoms. The highest BCUT2D eigenvalue weighted by Gasteiger charge is 2.36. The molecule has 0 radical (unpaired) electrons. The molecule has 1 aliphatic carbocycles. The van der Waals surface area contributed by atoms with Gasteiger partial charge >= 0.3 is 11.9 Å². The van der Waals surface area contributed by atoms with Gasteiger partial charge in [-0.1, -0.05) is 126 Å². The average molecular weight is 755 g/mol. The first kappa shape index (κ1) is 50.5. The van der Waals surface area contributed by atoms with Gasteiger partial charge in [-0.3, -0.25) is 9.59 Å². The zero-order valence-electron chi connectivity index (χ0n) is 33.5. The Labute approximate surface area is 327 Å². The molecule has 0 spiro atoms. The third-order valence-electron chi connectivity index (χ3n) is 7.15. The number of benzene rings is 2. The second-order valence-corrected chi connectivity index (χ2v) is 13.8. The van der Waals surface area contributed by atoms with Gasteiger partial charge in [-0.05, 0) is 69.9 Å². The SMILES string of the molecule is C/C=C\CC.C=C(C)OCCOC(=O)CC(C)S.C=CC(=C)C.CC.CC1=Cc2ccccc2C1(C)c1ccc(OCCOC(=O)CC(C)S)cc1. The maximum absolute atomic E-state index is 11.5. The predicted molar refractivity (Wildman–Crippen MR) is 229 cm³/mol. The Morgan fingerprint density at radius 1 is 0.846 bits per heavy atom. The number of rotatable bonds is 15. The summed E-state index contributed by atoms with van der Waals surface area (Å²) in [6.07, 6.45) is 9.97. The Morgan fingerprint density at radius 2 is 1.33 bits per heavy atom. The largest absolute Gasteiger partial charge is 0.495 e. The second kappa shape index (κ2) is 29.9. The number of hydrogen-bond acceptors (Lipinski definition) is 8. The van der Waals surface area contributed by atoms with Crippen LogP contribution in [0.3, 0.4) is 0 Å². The number of ether oxygens (including phenoxy) is 4. The van der Waals surface area contributed by atoms with Crippen molar-refractivity contribution in [2.45, 2.75) is 104 Å². The molecule has 0 heterocycles. The van der Waals surface area contributed by atoms with Gasteiger partial charge in [-0.2, -0.15) is 25.3 Å². The van der Waals surface area contributed by atoms with Gasteiger partial charge in [0.2, 0.25) is 0 Å². The molecule has 0 aliphatic heterocycles. The standard InChI is InChI=1S/C23H26O3S.C9H16O3S.C5H8.C5H10.C2H6/c1-16-14-18-6-4-5-7-21(18)23(16,3)19-8-10-20(11-9-19)25-12-13-26-22(24)15-17(2)27;1-7(2)11-4-5-12-9(10)6-8(3)13;1-4-5(2)3;1-3-5-4-2;1-2/h4-11,14,17,27H,12-13,15H2,1-3H3;8,13H,1,4-6H2,2-3H3;4H,1-2H2,3H3;3,5H,4H2,1-2H3;1-2H3/b;;;5-3-;. The lowest BCUT2D eigenvalue weighted by Crippen LogP contribution is -2.22. The van der Waals surface area contributed by atoms with Gasteiger partial charge in [-0.15, -0.1) is 0 Å². The first-order valence-electron chi connectivity index (χ1n) is 18.0. The Morgan fingerprint density at radius 3 is 1.75 bits per heavy atom. The van der Waals surface area contributed by atoms with Crippen LogP contribution in [0.2, 0.25) is 0 Å². The van der Waals surface area contributed by atoms with Gasteiger partial charge in [0.15, 0.2) is 0 Å². The third kappa shape index (κ3) is 22.3. The van der Waals surface area contributed by atoms with Crippen molar-refractivity contribution in [3.8, 4) is 5.75 Å². The van der Waals surface area contributed by atoms with Gasteiger partial charge < -0.3 is 18.9 Å². The van der Waals surface area contributed by atoms with Crippen molar-refractivity contribution in [2.24, 2.45) is 0 Å². The molecular weight excluding hydrogens is 689 g/mol. The van der Waals surface area contributed by atoms with Crippen molar-refractivity contribution < 1.29 is 28.5 Å². The van der Waals surface area contributed by atoms with Crippen LogP contribution in [0.25, 0.3) is 6.08 Å². The molecule has 6 nitrogen and oxygen atoms in total. The molecule has 8 heteroatoms. The maximum atomic E-state index is 11.5. The normalized spacial score (nSPS) is 14.7. The second-order valence-electron chi connectivity index (χ2n) is 12.0. The summed E-state index contributed by atoms with van der Waals surface area (Å²) in [5.41, 5.74) is 6.10. The molecule has 0 bridgehead atoms. The lowest BCUT2D eigenvalue weighted by atomic mass is 9.74. The Bertz CT molecular complexity index is 1390. The molecule has 1 aliphatic rings. The van der Waals surface area contributed by atoms with E-state index >= 15 is 0 Å². The first-order valence-corrected chi connectivity index (χ1v) is 19.0. The van der Waals surface area contributed by atoms with Gasteiger partial charge in [0.1, 0.15) is 32.2 Å². The van der Waals surface area contributed by atoms with E-state index in [1.54, 1.807) is 13.0 Å². The molecule has 0 saturated heterocycles. The minimum Gasteiger partial charge on any atom is -0.495 e. The fourth-order valence-electron chi connectivity index (χ4n) is 4.46. The summed E-state index contributed by atoms with van der Waals surface area (Å²) in [6, 6.07) is 16.7. The minimum atomic E-state index is -0.244. The van der Waals surface area contributed by atoms with E-state index < -0.39 is 0 Å². The lowest BCUT2D eigenvalue weighted by molar-refractivity contribution is -0.145. The molecule has 0 aromatic heterocycles. The molecule has 0 saturated carbocycles. The van der Waals surface area contributed by atoms with E-state index in [1.165, 1.54) is 22.3 Å². The molecule has 3 atom stereocenters. The van der Waals surface area contributed by atoms with Crippen LogP contribution in [0.15, 0.2) is 103 Å². The number of fused-ring (bicyclic) bond motifs is 1.